The second-order valence-electron chi connectivity index (χ2n) is 6.14. The van der Waals surface area contributed by atoms with E-state index in [2.05, 4.69) is 20.6 Å². The Balaban J connectivity index is 1.33. The molecule has 1 aliphatic rings. The van der Waals surface area contributed by atoms with Gasteiger partial charge < -0.3 is 14.3 Å². The third-order valence-electron chi connectivity index (χ3n) is 4.38. The molecule has 1 amide bonds. The van der Waals surface area contributed by atoms with Crippen LogP contribution in [0.3, 0.4) is 0 Å². The molecule has 8 heteroatoms. The standard InChI is InChI=1S/C17H19N5O3/c23-15(19-14-9-10-18-22(14)12-4-1-2-5-12)7-8-16-20-17(21-25-16)13-6-3-11-24-13/h3,6,9-12H,1-2,4-5,7-8H2,(H,19,23). The van der Waals surface area contributed by atoms with Crippen molar-refractivity contribution < 1.29 is 13.7 Å². The summed E-state index contributed by atoms with van der Waals surface area (Å²) >= 11 is 0. The predicted molar refractivity (Wildman–Crippen MR) is 88.7 cm³/mol. The summed E-state index contributed by atoms with van der Waals surface area (Å²) in [7, 11) is 0. The van der Waals surface area contributed by atoms with Crippen molar-refractivity contribution in [1.82, 2.24) is 19.9 Å². The maximum atomic E-state index is 12.2. The molecule has 1 N–H and O–H groups in total. The Morgan fingerprint density at radius 1 is 1.32 bits per heavy atom. The van der Waals surface area contributed by atoms with Crippen molar-refractivity contribution in [3.63, 3.8) is 0 Å². The van der Waals surface area contributed by atoms with Crippen LogP contribution in [-0.2, 0) is 11.2 Å². The van der Waals surface area contributed by atoms with Gasteiger partial charge in [0.1, 0.15) is 5.82 Å². The average Bonchev–Trinajstić information content (AvgIpc) is 3.40. The molecule has 1 aliphatic carbocycles. The topological polar surface area (TPSA) is 99.0 Å². The third kappa shape index (κ3) is 3.47. The average molecular weight is 341 g/mol. The molecule has 3 heterocycles. The summed E-state index contributed by atoms with van der Waals surface area (Å²) in [6.07, 6.45) is 8.56. The molecule has 0 spiro atoms. The van der Waals surface area contributed by atoms with Gasteiger partial charge in [-0.15, -0.1) is 0 Å². The molecule has 130 valence electrons. The molecule has 0 atom stereocenters. The second-order valence-corrected chi connectivity index (χ2v) is 6.14. The largest absolute Gasteiger partial charge is 0.461 e. The fourth-order valence-electron chi connectivity index (χ4n) is 3.14. The summed E-state index contributed by atoms with van der Waals surface area (Å²) in [4.78, 5) is 16.5. The normalized spacial score (nSPS) is 14.9. The molecule has 1 saturated carbocycles. The van der Waals surface area contributed by atoms with E-state index in [9.17, 15) is 4.79 Å². The number of nitrogens with one attached hydrogen (secondary N) is 1. The molecule has 3 aromatic heterocycles. The molecule has 25 heavy (non-hydrogen) atoms. The first-order valence-electron chi connectivity index (χ1n) is 8.49. The fraction of sp³-hybridized carbons (Fsp3) is 0.412. The number of aryl methyl sites for hydroxylation is 1. The van der Waals surface area contributed by atoms with Gasteiger partial charge in [0.15, 0.2) is 5.76 Å². The number of carbonyl (C=O) groups is 1. The first-order chi connectivity index (χ1) is 12.3. The molecule has 0 saturated heterocycles. The summed E-state index contributed by atoms with van der Waals surface area (Å²) in [6, 6.07) is 5.73. The van der Waals surface area contributed by atoms with Crippen LogP contribution in [0.25, 0.3) is 11.6 Å². The first kappa shape index (κ1) is 15.6. The molecule has 1 fully saturated rings. The van der Waals surface area contributed by atoms with Gasteiger partial charge in [-0.1, -0.05) is 18.0 Å². The Bertz CT molecular complexity index is 830. The fourth-order valence-corrected chi connectivity index (χ4v) is 3.14. The van der Waals surface area contributed by atoms with E-state index in [1.54, 1.807) is 24.6 Å². The molecule has 0 bridgehead atoms. The van der Waals surface area contributed by atoms with Crippen molar-refractivity contribution in [3.8, 4) is 11.6 Å². The molecule has 0 unspecified atom stereocenters. The van der Waals surface area contributed by atoms with Crippen molar-refractivity contribution in [1.29, 1.82) is 0 Å². The van der Waals surface area contributed by atoms with Crippen LogP contribution < -0.4 is 5.32 Å². The number of carbonyl (C=O) groups excluding carboxylic acids is 1. The van der Waals surface area contributed by atoms with Crippen molar-refractivity contribution in [2.75, 3.05) is 5.32 Å². The summed E-state index contributed by atoms with van der Waals surface area (Å²) in [5.74, 6) is 1.99. The predicted octanol–water partition coefficient (Wildman–Crippen LogP) is 3.21. The Labute approximate surface area is 144 Å². The van der Waals surface area contributed by atoms with E-state index in [0.29, 0.717) is 29.9 Å². The van der Waals surface area contributed by atoms with Gasteiger partial charge in [-0.25, -0.2) is 4.68 Å². The minimum absolute atomic E-state index is 0.0995. The van der Waals surface area contributed by atoms with Crippen LogP contribution in [0.15, 0.2) is 39.6 Å². The van der Waals surface area contributed by atoms with Gasteiger partial charge in [0.25, 0.3) is 0 Å². The first-order valence-corrected chi connectivity index (χ1v) is 8.49. The molecule has 3 aromatic rings. The highest BCUT2D eigenvalue weighted by molar-refractivity contribution is 5.89. The second kappa shape index (κ2) is 6.92. The highest BCUT2D eigenvalue weighted by Crippen LogP contribution is 2.31. The molecular weight excluding hydrogens is 322 g/mol. The number of hydrogen-bond donors (Lipinski definition) is 1. The number of aromatic nitrogens is 4. The van der Waals surface area contributed by atoms with Crippen LogP contribution in [0.1, 0.15) is 44.0 Å². The zero-order valence-corrected chi connectivity index (χ0v) is 13.7. The smallest absolute Gasteiger partial charge is 0.238 e. The van der Waals surface area contributed by atoms with E-state index < -0.39 is 0 Å². The van der Waals surface area contributed by atoms with Gasteiger partial charge in [0.2, 0.25) is 17.6 Å². The van der Waals surface area contributed by atoms with Crippen molar-refractivity contribution >= 4 is 11.7 Å². The number of rotatable bonds is 6. The number of hydrogen-bond acceptors (Lipinski definition) is 6. The summed E-state index contributed by atoms with van der Waals surface area (Å²) in [6.45, 7) is 0. The Hall–Kier alpha value is -2.90. The van der Waals surface area contributed by atoms with Crippen LogP contribution in [0, 0.1) is 0 Å². The SMILES string of the molecule is O=C(CCc1nc(-c2ccco2)no1)Nc1ccnn1C1CCCC1. The van der Waals surface area contributed by atoms with Gasteiger partial charge in [-0.05, 0) is 25.0 Å². The highest BCUT2D eigenvalue weighted by atomic mass is 16.5. The lowest BCUT2D eigenvalue weighted by atomic mass is 10.2. The summed E-state index contributed by atoms with van der Waals surface area (Å²) in [5, 5.41) is 11.1. The summed E-state index contributed by atoms with van der Waals surface area (Å²) in [5.41, 5.74) is 0. The van der Waals surface area contributed by atoms with Crippen molar-refractivity contribution in [2.45, 2.75) is 44.6 Å². The van der Waals surface area contributed by atoms with E-state index in [-0.39, 0.29) is 12.3 Å². The van der Waals surface area contributed by atoms with E-state index in [4.69, 9.17) is 8.94 Å². The number of furan rings is 1. The van der Waals surface area contributed by atoms with Gasteiger partial charge >= 0.3 is 0 Å². The summed E-state index contributed by atoms with van der Waals surface area (Å²) < 4.78 is 12.3. The van der Waals surface area contributed by atoms with Gasteiger partial charge in [0.05, 0.1) is 18.5 Å². The lowest BCUT2D eigenvalue weighted by molar-refractivity contribution is -0.116. The maximum absolute atomic E-state index is 12.2. The molecule has 4 rings (SSSR count). The highest BCUT2D eigenvalue weighted by Gasteiger charge is 2.20. The molecule has 0 aliphatic heterocycles. The lowest BCUT2D eigenvalue weighted by Crippen LogP contribution is -2.18. The van der Waals surface area contributed by atoms with Crippen LogP contribution in [0.5, 0.6) is 0 Å². The van der Waals surface area contributed by atoms with E-state index >= 15 is 0 Å². The van der Waals surface area contributed by atoms with Crippen molar-refractivity contribution in [2.24, 2.45) is 0 Å². The number of nitrogens with zero attached hydrogens (tertiary/aromatic N) is 4. The Kier molecular flexibility index (Phi) is 4.32. The zero-order chi connectivity index (χ0) is 17.1. The maximum Gasteiger partial charge on any atom is 0.238 e. The number of anilines is 1. The van der Waals surface area contributed by atoms with Crippen LogP contribution >= 0.6 is 0 Å². The van der Waals surface area contributed by atoms with Gasteiger partial charge in [-0.2, -0.15) is 10.1 Å². The van der Waals surface area contributed by atoms with E-state index in [0.717, 1.165) is 18.7 Å². The molecule has 8 nitrogen and oxygen atoms in total. The zero-order valence-electron chi connectivity index (χ0n) is 13.7. The minimum Gasteiger partial charge on any atom is -0.461 e. The van der Waals surface area contributed by atoms with Crippen LogP contribution in [-0.4, -0.2) is 25.8 Å². The van der Waals surface area contributed by atoms with Crippen molar-refractivity contribution in [3.05, 3.63) is 36.5 Å². The third-order valence-corrected chi connectivity index (χ3v) is 4.38. The minimum atomic E-state index is -0.0995. The van der Waals surface area contributed by atoms with Gasteiger partial charge in [-0.3, -0.25) is 4.79 Å². The van der Waals surface area contributed by atoms with Crippen LogP contribution in [0.4, 0.5) is 5.82 Å². The quantitative estimate of drug-likeness (QED) is 0.739. The van der Waals surface area contributed by atoms with Crippen LogP contribution in [0.2, 0.25) is 0 Å². The molecule has 0 aromatic carbocycles. The Morgan fingerprint density at radius 2 is 2.20 bits per heavy atom. The van der Waals surface area contributed by atoms with E-state index in [1.807, 2.05) is 10.7 Å². The monoisotopic (exact) mass is 341 g/mol. The molecule has 0 radical (unpaired) electrons. The Morgan fingerprint density at radius 3 is 3.00 bits per heavy atom. The lowest BCUT2D eigenvalue weighted by Gasteiger charge is -2.14. The molecular formula is C17H19N5O3. The van der Waals surface area contributed by atoms with Gasteiger partial charge in [0, 0.05) is 18.9 Å². The van der Waals surface area contributed by atoms with E-state index in [1.165, 1.54) is 12.8 Å². The number of amides is 1.